The second-order valence-electron chi connectivity index (χ2n) is 10.8. The van der Waals surface area contributed by atoms with Crippen molar-refractivity contribution in [2.24, 2.45) is 23.7 Å². The monoisotopic (exact) mass is 483 g/mol. The number of allylic oxidation sites excluding steroid dienone is 1. The Morgan fingerprint density at radius 2 is 1.94 bits per heavy atom. The van der Waals surface area contributed by atoms with Crippen LogP contribution in [0.1, 0.15) is 50.1 Å². The number of nitrogens with zero attached hydrogens (tertiary/aromatic N) is 4. The zero-order valence-electron chi connectivity index (χ0n) is 21.8. The third kappa shape index (κ3) is 5.59. The van der Waals surface area contributed by atoms with Crippen LogP contribution >= 0.6 is 0 Å². The molecule has 1 N–H and O–H groups in total. The Morgan fingerprint density at radius 3 is 2.75 bits per heavy atom. The van der Waals surface area contributed by atoms with Gasteiger partial charge in [-0.15, -0.1) is 10.2 Å². The van der Waals surface area contributed by atoms with Crippen molar-refractivity contribution in [3.63, 3.8) is 0 Å². The van der Waals surface area contributed by atoms with E-state index in [1.165, 1.54) is 22.1 Å². The van der Waals surface area contributed by atoms with Crippen molar-refractivity contribution >= 4 is 10.9 Å². The largest absolute Gasteiger partial charge is 0.425 e. The van der Waals surface area contributed by atoms with Crippen LogP contribution in [0.25, 0.3) is 10.9 Å². The number of hydrogen-bond donors (Lipinski definition) is 1. The van der Waals surface area contributed by atoms with Crippen molar-refractivity contribution in [3.05, 3.63) is 89.5 Å². The van der Waals surface area contributed by atoms with Crippen LogP contribution in [-0.2, 0) is 19.4 Å². The van der Waals surface area contributed by atoms with E-state index in [1.807, 2.05) is 30.7 Å². The molecule has 0 fully saturated rings. The first-order valence-corrected chi connectivity index (χ1v) is 13.1. The number of nitrogens with one attached hydrogen (secondary N) is 1. The van der Waals surface area contributed by atoms with Crippen molar-refractivity contribution < 1.29 is 4.42 Å². The molecule has 0 amide bonds. The maximum absolute atomic E-state index is 6.13. The average molecular weight is 484 g/mol. The molecule has 4 aromatic rings. The lowest BCUT2D eigenvalue weighted by Gasteiger charge is -2.38. The lowest BCUT2D eigenvalue weighted by molar-refractivity contribution is 0.172. The number of aromatic nitrogens is 4. The van der Waals surface area contributed by atoms with Crippen LogP contribution in [0.15, 0.2) is 71.1 Å². The number of fused-ring (bicyclic) bond motifs is 1. The molecule has 0 unspecified atom stereocenters. The molecule has 0 spiro atoms. The van der Waals surface area contributed by atoms with Gasteiger partial charge in [-0.2, -0.15) is 0 Å². The van der Waals surface area contributed by atoms with Crippen LogP contribution in [0.5, 0.6) is 0 Å². The first-order chi connectivity index (χ1) is 17.5. The highest BCUT2D eigenvalue weighted by molar-refractivity contribution is 5.83. The number of benzene rings is 1. The van der Waals surface area contributed by atoms with E-state index in [0.29, 0.717) is 36.0 Å². The van der Waals surface area contributed by atoms with Crippen molar-refractivity contribution in [1.29, 1.82) is 0 Å². The smallest absolute Gasteiger partial charge is 0.221 e. The van der Waals surface area contributed by atoms with Crippen molar-refractivity contribution in [3.8, 4) is 0 Å². The first-order valence-electron chi connectivity index (χ1n) is 13.1. The van der Waals surface area contributed by atoms with Crippen molar-refractivity contribution in [1.82, 2.24) is 25.1 Å². The molecule has 1 aromatic carbocycles. The van der Waals surface area contributed by atoms with E-state index >= 15 is 0 Å². The SMILES string of the molecule is CC1=C[C@@H](CN(C)Cc2cccnc2)[C@H](C(C)C)C[C@H]1Cc1nnc(Cc2c[nH]c3ccccc23)o1. The third-order valence-corrected chi connectivity index (χ3v) is 7.73. The van der Waals surface area contributed by atoms with E-state index in [0.717, 1.165) is 37.3 Å². The molecule has 5 rings (SSSR count). The van der Waals surface area contributed by atoms with E-state index in [1.54, 1.807) is 0 Å². The molecule has 3 aromatic heterocycles. The Labute approximate surface area is 213 Å². The van der Waals surface area contributed by atoms with E-state index in [4.69, 9.17) is 4.42 Å². The summed E-state index contributed by atoms with van der Waals surface area (Å²) in [5.74, 6) is 3.67. The predicted molar refractivity (Wildman–Crippen MR) is 143 cm³/mol. The van der Waals surface area contributed by atoms with Crippen LogP contribution in [0.2, 0.25) is 0 Å². The number of aromatic amines is 1. The number of rotatable bonds is 9. The summed E-state index contributed by atoms with van der Waals surface area (Å²) in [6, 6.07) is 12.5. The Kier molecular flexibility index (Phi) is 7.33. The molecular weight excluding hydrogens is 446 g/mol. The molecule has 6 heteroatoms. The lowest BCUT2D eigenvalue weighted by Crippen LogP contribution is -2.35. The van der Waals surface area contributed by atoms with Gasteiger partial charge >= 0.3 is 0 Å². The molecule has 0 aliphatic heterocycles. The van der Waals surface area contributed by atoms with Crippen LogP contribution in [0, 0.1) is 23.7 Å². The van der Waals surface area contributed by atoms with E-state index in [-0.39, 0.29) is 0 Å². The predicted octanol–water partition coefficient (Wildman–Crippen LogP) is 6.07. The summed E-state index contributed by atoms with van der Waals surface area (Å²) in [7, 11) is 2.22. The topological polar surface area (TPSA) is 70.8 Å². The van der Waals surface area contributed by atoms with E-state index < -0.39 is 0 Å². The minimum atomic E-state index is 0.443. The molecule has 0 saturated carbocycles. The Hall–Kier alpha value is -3.25. The minimum Gasteiger partial charge on any atom is -0.425 e. The summed E-state index contributed by atoms with van der Waals surface area (Å²) in [5.41, 5.74) is 5.03. The van der Waals surface area contributed by atoms with Gasteiger partial charge < -0.3 is 14.3 Å². The number of para-hydroxylation sites is 1. The summed E-state index contributed by atoms with van der Waals surface area (Å²) in [6.45, 7) is 8.97. The molecule has 36 heavy (non-hydrogen) atoms. The molecule has 3 atom stereocenters. The van der Waals surface area contributed by atoms with Gasteiger partial charge in [0.05, 0.1) is 6.42 Å². The molecule has 6 nitrogen and oxygen atoms in total. The minimum absolute atomic E-state index is 0.443. The fourth-order valence-corrected chi connectivity index (χ4v) is 5.81. The molecule has 1 aliphatic carbocycles. The van der Waals surface area contributed by atoms with Crippen LogP contribution < -0.4 is 0 Å². The lowest BCUT2D eigenvalue weighted by atomic mass is 9.69. The second kappa shape index (κ2) is 10.8. The molecule has 0 saturated heterocycles. The van der Waals surface area contributed by atoms with Gasteiger partial charge in [0.1, 0.15) is 0 Å². The molecule has 3 heterocycles. The van der Waals surface area contributed by atoms with Crippen molar-refractivity contribution in [2.45, 2.75) is 46.6 Å². The van der Waals surface area contributed by atoms with Crippen molar-refractivity contribution in [2.75, 3.05) is 13.6 Å². The van der Waals surface area contributed by atoms with Gasteiger partial charge in [-0.05, 0) is 67.3 Å². The normalized spacial score (nSPS) is 20.4. The van der Waals surface area contributed by atoms with Gasteiger partial charge in [-0.1, -0.05) is 49.8 Å². The number of H-pyrrole nitrogens is 1. The summed E-state index contributed by atoms with van der Waals surface area (Å²) in [5, 5.41) is 10.0. The van der Waals surface area contributed by atoms with Gasteiger partial charge in [-0.3, -0.25) is 4.98 Å². The molecule has 0 radical (unpaired) electrons. The maximum Gasteiger partial charge on any atom is 0.221 e. The third-order valence-electron chi connectivity index (χ3n) is 7.73. The Morgan fingerprint density at radius 1 is 1.11 bits per heavy atom. The Balaban J connectivity index is 1.24. The quantitative estimate of drug-likeness (QED) is 0.293. The summed E-state index contributed by atoms with van der Waals surface area (Å²) >= 11 is 0. The van der Waals surface area contributed by atoms with Gasteiger partial charge in [-0.25, -0.2) is 0 Å². The zero-order valence-corrected chi connectivity index (χ0v) is 21.8. The molecule has 188 valence electrons. The number of pyridine rings is 1. The fraction of sp³-hybridized carbons (Fsp3) is 0.433. The fourth-order valence-electron chi connectivity index (χ4n) is 5.81. The van der Waals surface area contributed by atoms with Gasteiger partial charge in [0.15, 0.2) is 0 Å². The summed E-state index contributed by atoms with van der Waals surface area (Å²) in [4.78, 5) is 10.0. The van der Waals surface area contributed by atoms with Gasteiger partial charge in [0, 0.05) is 49.0 Å². The number of hydrogen-bond acceptors (Lipinski definition) is 5. The van der Waals surface area contributed by atoms with Crippen LogP contribution in [-0.4, -0.2) is 38.7 Å². The standard InChI is InChI=1S/C30H37N5O/c1-20(2)27-13-23(21(3)12-25(27)19-35(4)18-22-8-7-11-31-16-22)14-29-33-34-30(36-29)15-24-17-32-28-10-6-5-9-26(24)28/h5-12,16-17,20,23,25,27,32H,13-15,18-19H2,1-4H3/t23-,25-,27-/m0/s1. The van der Waals surface area contributed by atoms with Crippen LogP contribution in [0.3, 0.4) is 0 Å². The zero-order chi connectivity index (χ0) is 25.1. The highest BCUT2D eigenvalue weighted by Gasteiger charge is 2.33. The van der Waals surface area contributed by atoms with E-state index in [2.05, 4.69) is 83.2 Å². The molecular formula is C30H37N5O. The molecule has 0 bridgehead atoms. The van der Waals surface area contributed by atoms with E-state index in [9.17, 15) is 0 Å². The second-order valence-corrected chi connectivity index (χ2v) is 10.8. The molecule has 1 aliphatic rings. The summed E-state index contributed by atoms with van der Waals surface area (Å²) in [6.07, 6.45) is 11.0. The highest BCUT2D eigenvalue weighted by Crippen LogP contribution is 2.39. The summed E-state index contributed by atoms with van der Waals surface area (Å²) < 4.78 is 6.13. The maximum atomic E-state index is 6.13. The average Bonchev–Trinajstić information content (AvgIpc) is 3.48. The van der Waals surface area contributed by atoms with Crippen LogP contribution in [0.4, 0.5) is 0 Å². The highest BCUT2D eigenvalue weighted by atomic mass is 16.4. The first kappa shape index (κ1) is 24.4. The Bertz CT molecular complexity index is 1310. The van der Waals surface area contributed by atoms with Gasteiger partial charge in [0.2, 0.25) is 11.8 Å². The van der Waals surface area contributed by atoms with Gasteiger partial charge in [0.25, 0.3) is 0 Å².